The molecule has 2 N–H and O–H groups in total. The van der Waals surface area contributed by atoms with Crippen molar-refractivity contribution in [2.75, 3.05) is 5.32 Å². The number of H-pyrrole nitrogens is 1. The zero-order valence-electron chi connectivity index (χ0n) is 17.0. The van der Waals surface area contributed by atoms with E-state index in [-0.39, 0.29) is 33.9 Å². The van der Waals surface area contributed by atoms with E-state index in [1.807, 2.05) is 0 Å². The van der Waals surface area contributed by atoms with E-state index in [2.05, 4.69) is 25.5 Å². The number of rotatable bonds is 5. The first-order chi connectivity index (χ1) is 15.3. The fraction of sp³-hybridized carbons (Fsp3) is 0.286. The molecule has 5 rings (SSSR count). The Hall–Kier alpha value is -3.40. The van der Waals surface area contributed by atoms with Crippen molar-refractivity contribution in [2.24, 2.45) is 11.8 Å². The van der Waals surface area contributed by atoms with Crippen LogP contribution < -0.4 is 5.32 Å². The van der Waals surface area contributed by atoms with Gasteiger partial charge in [-0.3, -0.25) is 19.7 Å². The molecule has 0 spiro atoms. The number of anilines is 1. The molecule has 3 aromatic heterocycles. The van der Waals surface area contributed by atoms with Crippen LogP contribution in [-0.2, 0) is 4.79 Å². The zero-order valence-corrected chi connectivity index (χ0v) is 17.7. The first kappa shape index (κ1) is 20.5. The van der Waals surface area contributed by atoms with Gasteiger partial charge in [0.2, 0.25) is 5.91 Å². The number of Topliss-reactive ketones (excluding diaryl/α,β-unsaturated/α-hetero) is 1. The van der Waals surface area contributed by atoms with Crippen molar-refractivity contribution in [3.63, 3.8) is 0 Å². The summed E-state index contributed by atoms with van der Waals surface area (Å²) in [4.78, 5) is 33.1. The Morgan fingerprint density at radius 3 is 2.75 bits per heavy atom. The van der Waals surface area contributed by atoms with Crippen LogP contribution in [0.1, 0.15) is 30.6 Å². The summed E-state index contributed by atoms with van der Waals surface area (Å²) in [7, 11) is 0. The Labute approximate surface area is 185 Å². The van der Waals surface area contributed by atoms with Gasteiger partial charge in [-0.1, -0.05) is 25.4 Å². The standard InChI is InChI=1S/C21H17ClF2N6O2/c1-8(2)20(31)16-18(24)17(22)15(10-4-26-29-19(10)16)12-6-30-7-13(27-14(30)5-25-12)28-21(32)9-3-11(9)23/h4-9,11H,3H2,1-2H3,(H,26,29)(H,28,32). The molecule has 8 nitrogen and oxygen atoms in total. The van der Waals surface area contributed by atoms with Gasteiger partial charge in [-0.15, -0.1) is 0 Å². The van der Waals surface area contributed by atoms with E-state index < -0.39 is 35.5 Å². The lowest BCUT2D eigenvalue weighted by Crippen LogP contribution is -2.15. The van der Waals surface area contributed by atoms with Crippen molar-refractivity contribution >= 4 is 45.7 Å². The van der Waals surface area contributed by atoms with Crippen LogP contribution in [0.15, 0.2) is 24.8 Å². The Morgan fingerprint density at radius 1 is 1.31 bits per heavy atom. The minimum atomic E-state index is -1.11. The van der Waals surface area contributed by atoms with E-state index in [4.69, 9.17) is 11.6 Å². The molecule has 0 saturated heterocycles. The smallest absolute Gasteiger partial charge is 0.231 e. The molecule has 1 amide bonds. The summed E-state index contributed by atoms with van der Waals surface area (Å²) in [6.45, 7) is 3.35. The van der Waals surface area contributed by atoms with E-state index in [0.29, 0.717) is 16.7 Å². The van der Waals surface area contributed by atoms with Crippen LogP contribution in [0, 0.1) is 17.7 Å². The van der Waals surface area contributed by atoms with Crippen LogP contribution in [0.25, 0.3) is 27.8 Å². The van der Waals surface area contributed by atoms with Crippen molar-refractivity contribution < 1.29 is 18.4 Å². The molecule has 1 aliphatic carbocycles. The molecule has 164 valence electrons. The molecule has 0 bridgehead atoms. The first-order valence-electron chi connectivity index (χ1n) is 9.94. The second-order valence-corrected chi connectivity index (χ2v) is 8.45. The molecule has 3 heterocycles. The number of benzene rings is 1. The van der Waals surface area contributed by atoms with E-state index >= 15 is 4.39 Å². The molecule has 32 heavy (non-hydrogen) atoms. The lowest BCUT2D eigenvalue weighted by Gasteiger charge is -2.13. The van der Waals surface area contributed by atoms with E-state index in [9.17, 15) is 14.0 Å². The lowest BCUT2D eigenvalue weighted by molar-refractivity contribution is -0.117. The number of aromatic nitrogens is 5. The largest absolute Gasteiger partial charge is 0.309 e. The Kier molecular flexibility index (Phi) is 4.70. The van der Waals surface area contributed by atoms with Crippen LogP contribution in [0.5, 0.6) is 0 Å². The van der Waals surface area contributed by atoms with Gasteiger partial charge in [0, 0.05) is 23.1 Å². The summed E-state index contributed by atoms with van der Waals surface area (Å²) in [5.41, 5.74) is 1.11. The number of amides is 1. The fourth-order valence-corrected chi connectivity index (χ4v) is 3.92. The number of aromatic amines is 1. The Morgan fingerprint density at radius 2 is 2.06 bits per heavy atom. The van der Waals surface area contributed by atoms with Gasteiger partial charge in [0.25, 0.3) is 0 Å². The number of carbonyl (C=O) groups excluding carboxylic acids is 2. The van der Waals surface area contributed by atoms with Crippen molar-refractivity contribution in [1.82, 2.24) is 24.6 Å². The summed E-state index contributed by atoms with van der Waals surface area (Å²) in [5, 5.41) is 9.45. The fourth-order valence-electron chi connectivity index (χ4n) is 3.63. The number of fused-ring (bicyclic) bond motifs is 2. The monoisotopic (exact) mass is 458 g/mol. The first-order valence-corrected chi connectivity index (χ1v) is 10.3. The van der Waals surface area contributed by atoms with Gasteiger partial charge in [-0.05, 0) is 6.42 Å². The van der Waals surface area contributed by atoms with Gasteiger partial charge < -0.3 is 9.72 Å². The number of nitrogens with zero attached hydrogens (tertiary/aromatic N) is 4. The highest BCUT2D eigenvalue weighted by Crippen LogP contribution is 2.39. The van der Waals surface area contributed by atoms with Crippen LogP contribution in [-0.4, -0.2) is 42.4 Å². The van der Waals surface area contributed by atoms with Gasteiger partial charge in [-0.25, -0.2) is 13.8 Å². The number of halogens is 3. The maximum atomic E-state index is 15.2. The molecule has 1 fully saturated rings. The molecule has 2 atom stereocenters. The van der Waals surface area contributed by atoms with Crippen LogP contribution >= 0.6 is 11.6 Å². The maximum Gasteiger partial charge on any atom is 0.231 e. The van der Waals surface area contributed by atoms with Crippen molar-refractivity contribution in [3.05, 3.63) is 41.2 Å². The van der Waals surface area contributed by atoms with Crippen LogP contribution in [0.2, 0.25) is 5.02 Å². The molecular weight excluding hydrogens is 442 g/mol. The minimum absolute atomic E-state index is 0.138. The topological polar surface area (TPSA) is 105 Å². The second kappa shape index (κ2) is 7.33. The average Bonchev–Trinajstić information content (AvgIpc) is 3.11. The van der Waals surface area contributed by atoms with Crippen LogP contribution in [0.3, 0.4) is 0 Å². The van der Waals surface area contributed by atoms with E-state index in [0.717, 1.165) is 0 Å². The molecule has 2 unspecified atom stereocenters. The second-order valence-electron chi connectivity index (χ2n) is 8.07. The number of alkyl halides is 1. The van der Waals surface area contributed by atoms with Gasteiger partial charge >= 0.3 is 0 Å². The number of nitrogens with one attached hydrogen (secondary N) is 2. The third kappa shape index (κ3) is 3.22. The third-order valence-electron chi connectivity index (χ3n) is 5.46. The summed E-state index contributed by atoms with van der Waals surface area (Å²) in [5.74, 6) is -2.49. The summed E-state index contributed by atoms with van der Waals surface area (Å²) < 4.78 is 29.9. The molecule has 1 aliphatic rings. The molecule has 0 aliphatic heterocycles. The average molecular weight is 459 g/mol. The number of ketones is 1. The van der Waals surface area contributed by atoms with Gasteiger partial charge in [0.1, 0.15) is 6.17 Å². The zero-order chi connectivity index (χ0) is 22.7. The summed E-state index contributed by atoms with van der Waals surface area (Å²) >= 11 is 6.37. The van der Waals surface area contributed by atoms with Gasteiger partial charge in [0.15, 0.2) is 23.1 Å². The van der Waals surface area contributed by atoms with Crippen molar-refractivity contribution in [2.45, 2.75) is 26.4 Å². The number of hydrogen-bond donors (Lipinski definition) is 2. The van der Waals surface area contributed by atoms with Crippen LogP contribution in [0.4, 0.5) is 14.6 Å². The Balaban J connectivity index is 1.59. The minimum Gasteiger partial charge on any atom is -0.309 e. The highest BCUT2D eigenvalue weighted by atomic mass is 35.5. The SMILES string of the molecule is CC(C)C(=O)c1c(F)c(Cl)c(-c2cn3cc(NC(=O)C4CC4F)nc3cn2)c2cn[nH]c12. The lowest BCUT2D eigenvalue weighted by atomic mass is 9.95. The predicted octanol–water partition coefficient (Wildman–Crippen LogP) is 4.20. The van der Waals surface area contributed by atoms with Crippen molar-refractivity contribution in [3.8, 4) is 11.3 Å². The van der Waals surface area contributed by atoms with Crippen molar-refractivity contribution in [1.29, 1.82) is 0 Å². The normalized spacial score (nSPS) is 17.9. The summed E-state index contributed by atoms with van der Waals surface area (Å²) in [6, 6.07) is 0. The Bertz CT molecular complexity index is 1410. The van der Waals surface area contributed by atoms with Gasteiger partial charge in [0.05, 0.1) is 46.3 Å². The number of hydrogen-bond acceptors (Lipinski definition) is 5. The molecule has 4 aromatic rings. The highest BCUT2D eigenvalue weighted by Gasteiger charge is 2.43. The maximum absolute atomic E-state index is 15.2. The molecular formula is C21H17ClF2N6O2. The molecule has 1 saturated carbocycles. The molecule has 11 heteroatoms. The molecule has 0 radical (unpaired) electrons. The van der Waals surface area contributed by atoms with E-state index in [1.165, 1.54) is 12.4 Å². The molecule has 1 aromatic carbocycles. The van der Waals surface area contributed by atoms with Gasteiger partial charge in [-0.2, -0.15) is 5.10 Å². The third-order valence-corrected chi connectivity index (χ3v) is 5.81. The van der Waals surface area contributed by atoms with E-state index in [1.54, 1.807) is 30.6 Å². The summed E-state index contributed by atoms with van der Waals surface area (Å²) in [6.07, 6.45) is 5.12. The highest BCUT2D eigenvalue weighted by molar-refractivity contribution is 6.36. The number of imidazole rings is 1. The number of carbonyl (C=O) groups is 2. The predicted molar refractivity (Wildman–Crippen MR) is 114 cm³/mol. The quantitative estimate of drug-likeness (QED) is 0.436.